The van der Waals surface area contributed by atoms with E-state index in [1.54, 1.807) is 0 Å². The van der Waals surface area contributed by atoms with Crippen molar-refractivity contribution in [1.29, 1.82) is 0 Å². The lowest BCUT2D eigenvalue weighted by molar-refractivity contribution is -0.151. The zero-order valence-electron chi connectivity index (χ0n) is 17.5. The molecule has 0 aromatic carbocycles. The Labute approximate surface area is 170 Å². The normalized spacial score (nSPS) is 13.3. The van der Waals surface area contributed by atoms with Gasteiger partial charge in [0.25, 0.3) is 0 Å². The van der Waals surface area contributed by atoms with E-state index in [0.29, 0.717) is 6.42 Å². The number of carbonyl (C=O) groups is 2. The average Bonchev–Trinajstić information content (AvgIpc) is 2.62. The Hall–Kier alpha value is -2.46. The van der Waals surface area contributed by atoms with Gasteiger partial charge in [0, 0.05) is 19.0 Å². The van der Waals surface area contributed by atoms with E-state index in [-0.39, 0.29) is 49.9 Å². The minimum Gasteiger partial charge on any atom is -0.464 e. The van der Waals surface area contributed by atoms with Gasteiger partial charge in [-0.3, -0.25) is 14.2 Å². The molecule has 0 saturated carbocycles. The topological polar surface area (TPSA) is 149 Å². The SMILES string of the molecule is CC(C)CC(=O)OCCOC(CCOC(=O)C(N)C(C)C)n1ccc(N)nc1=O. The van der Waals surface area contributed by atoms with Crippen LogP contribution in [0.2, 0.25) is 0 Å². The highest BCUT2D eigenvalue weighted by atomic mass is 16.6. The van der Waals surface area contributed by atoms with Crippen molar-refractivity contribution in [2.24, 2.45) is 17.6 Å². The Morgan fingerprint density at radius 3 is 2.41 bits per heavy atom. The Balaban J connectivity index is 2.66. The van der Waals surface area contributed by atoms with Gasteiger partial charge in [-0.15, -0.1) is 0 Å². The lowest BCUT2D eigenvalue weighted by Gasteiger charge is -2.21. The highest BCUT2D eigenvalue weighted by Gasteiger charge is 2.20. The number of nitrogens with two attached hydrogens (primary N) is 2. The summed E-state index contributed by atoms with van der Waals surface area (Å²) in [4.78, 5) is 39.3. The van der Waals surface area contributed by atoms with E-state index in [1.807, 2.05) is 27.7 Å². The summed E-state index contributed by atoms with van der Waals surface area (Å²) in [6, 6.07) is 0.733. The molecule has 10 nitrogen and oxygen atoms in total. The molecular weight excluding hydrogens is 380 g/mol. The number of nitrogen functional groups attached to an aromatic ring is 1. The van der Waals surface area contributed by atoms with Gasteiger partial charge >= 0.3 is 17.6 Å². The van der Waals surface area contributed by atoms with Crippen molar-refractivity contribution in [1.82, 2.24) is 9.55 Å². The van der Waals surface area contributed by atoms with Crippen LogP contribution in [-0.2, 0) is 23.8 Å². The van der Waals surface area contributed by atoms with Crippen LogP contribution in [0.1, 0.15) is 46.8 Å². The summed E-state index contributed by atoms with van der Waals surface area (Å²) >= 11 is 0. The third-order valence-corrected chi connectivity index (χ3v) is 3.99. The van der Waals surface area contributed by atoms with Gasteiger partial charge < -0.3 is 25.7 Å². The van der Waals surface area contributed by atoms with Crippen molar-refractivity contribution in [3.8, 4) is 0 Å². The summed E-state index contributed by atoms with van der Waals surface area (Å²) < 4.78 is 17.2. The number of rotatable bonds is 12. The first-order chi connectivity index (χ1) is 13.6. The lowest BCUT2D eigenvalue weighted by Crippen LogP contribution is -2.37. The number of hydrogen-bond donors (Lipinski definition) is 2. The molecule has 2 unspecified atom stereocenters. The van der Waals surface area contributed by atoms with E-state index in [1.165, 1.54) is 16.8 Å². The van der Waals surface area contributed by atoms with Gasteiger partial charge in [-0.05, 0) is 17.9 Å². The molecule has 10 heteroatoms. The smallest absolute Gasteiger partial charge is 0.351 e. The van der Waals surface area contributed by atoms with Gasteiger partial charge in [0.15, 0.2) is 0 Å². The number of aromatic nitrogens is 2. The maximum absolute atomic E-state index is 12.1. The minimum absolute atomic E-state index is 0.00608. The number of anilines is 1. The second kappa shape index (κ2) is 12.2. The largest absolute Gasteiger partial charge is 0.464 e. The van der Waals surface area contributed by atoms with E-state index >= 15 is 0 Å². The number of ether oxygens (including phenoxy) is 3. The first-order valence-electron chi connectivity index (χ1n) is 9.66. The average molecular weight is 412 g/mol. The lowest BCUT2D eigenvalue weighted by atomic mass is 10.1. The molecule has 0 aliphatic rings. The predicted octanol–water partition coefficient (Wildman–Crippen LogP) is 0.847. The van der Waals surface area contributed by atoms with Crippen LogP contribution < -0.4 is 17.2 Å². The maximum atomic E-state index is 12.1. The van der Waals surface area contributed by atoms with Crippen LogP contribution in [-0.4, -0.2) is 47.4 Å². The van der Waals surface area contributed by atoms with Crippen molar-refractivity contribution in [2.75, 3.05) is 25.6 Å². The fourth-order valence-corrected chi connectivity index (χ4v) is 2.31. The minimum atomic E-state index is -0.775. The first kappa shape index (κ1) is 24.6. The van der Waals surface area contributed by atoms with Crippen LogP contribution in [0, 0.1) is 11.8 Å². The summed E-state index contributed by atoms with van der Waals surface area (Å²) in [6.07, 6.45) is 1.17. The van der Waals surface area contributed by atoms with Crippen LogP contribution in [0.25, 0.3) is 0 Å². The Morgan fingerprint density at radius 1 is 1.14 bits per heavy atom. The zero-order valence-corrected chi connectivity index (χ0v) is 17.5. The summed E-state index contributed by atoms with van der Waals surface area (Å²) in [7, 11) is 0. The fourth-order valence-electron chi connectivity index (χ4n) is 2.31. The summed E-state index contributed by atoms with van der Waals surface area (Å²) in [6.45, 7) is 7.56. The molecule has 164 valence electrons. The van der Waals surface area contributed by atoms with Crippen molar-refractivity contribution in [3.63, 3.8) is 0 Å². The number of nitrogens with zero attached hydrogens (tertiary/aromatic N) is 2. The molecule has 2 atom stereocenters. The molecule has 4 N–H and O–H groups in total. The molecule has 0 bridgehead atoms. The highest BCUT2D eigenvalue weighted by Crippen LogP contribution is 2.13. The predicted molar refractivity (Wildman–Crippen MR) is 107 cm³/mol. The summed E-state index contributed by atoms with van der Waals surface area (Å²) in [5.74, 6) is -0.615. The van der Waals surface area contributed by atoms with Crippen LogP contribution in [0.4, 0.5) is 5.82 Å². The van der Waals surface area contributed by atoms with Crippen LogP contribution in [0.3, 0.4) is 0 Å². The van der Waals surface area contributed by atoms with Crippen LogP contribution >= 0.6 is 0 Å². The molecule has 0 aliphatic carbocycles. The molecule has 1 aromatic rings. The second-order valence-corrected chi connectivity index (χ2v) is 7.41. The van der Waals surface area contributed by atoms with Gasteiger partial charge in [-0.1, -0.05) is 27.7 Å². The van der Waals surface area contributed by atoms with Gasteiger partial charge in [-0.2, -0.15) is 4.98 Å². The van der Waals surface area contributed by atoms with E-state index in [2.05, 4.69) is 4.98 Å². The van der Waals surface area contributed by atoms with Gasteiger partial charge in [0.05, 0.1) is 13.2 Å². The zero-order chi connectivity index (χ0) is 22.0. The van der Waals surface area contributed by atoms with Crippen molar-refractivity contribution >= 4 is 17.8 Å². The molecule has 1 rings (SSSR count). The molecule has 0 fully saturated rings. The van der Waals surface area contributed by atoms with Crippen molar-refractivity contribution in [3.05, 3.63) is 22.7 Å². The summed E-state index contributed by atoms with van der Waals surface area (Å²) in [5, 5.41) is 0. The molecule has 0 amide bonds. The second-order valence-electron chi connectivity index (χ2n) is 7.41. The highest BCUT2D eigenvalue weighted by molar-refractivity contribution is 5.75. The van der Waals surface area contributed by atoms with E-state index in [9.17, 15) is 14.4 Å². The van der Waals surface area contributed by atoms with Crippen LogP contribution in [0.5, 0.6) is 0 Å². The van der Waals surface area contributed by atoms with Crippen molar-refractivity contribution in [2.45, 2.75) is 52.8 Å². The quantitative estimate of drug-likeness (QED) is 0.376. The molecule has 0 aliphatic heterocycles. The number of carbonyl (C=O) groups excluding carboxylic acids is 2. The fraction of sp³-hybridized carbons (Fsp3) is 0.684. The Kier molecular flexibility index (Phi) is 10.3. The van der Waals surface area contributed by atoms with Gasteiger partial charge in [0.1, 0.15) is 24.7 Å². The Bertz CT molecular complexity index is 719. The Morgan fingerprint density at radius 2 is 1.83 bits per heavy atom. The van der Waals surface area contributed by atoms with E-state index in [0.717, 1.165) is 0 Å². The molecule has 29 heavy (non-hydrogen) atoms. The molecule has 0 saturated heterocycles. The molecule has 0 radical (unpaired) electrons. The molecule has 0 spiro atoms. The maximum Gasteiger partial charge on any atom is 0.351 e. The van der Waals surface area contributed by atoms with Gasteiger partial charge in [0.2, 0.25) is 0 Å². The van der Waals surface area contributed by atoms with Crippen molar-refractivity contribution < 1.29 is 23.8 Å². The van der Waals surface area contributed by atoms with Crippen LogP contribution in [0.15, 0.2) is 17.1 Å². The third-order valence-electron chi connectivity index (χ3n) is 3.99. The molecular formula is C19H32N4O6. The van der Waals surface area contributed by atoms with E-state index in [4.69, 9.17) is 25.7 Å². The molecule has 1 aromatic heterocycles. The third kappa shape index (κ3) is 9.05. The number of hydrogen-bond acceptors (Lipinski definition) is 9. The standard InChI is InChI=1S/C19H32N4O6/c1-12(2)11-16(24)28-10-9-27-15(23-7-5-14(20)22-19(23)26)6-8-29-18(25)17(21)13(3)4/h5,7,12-13,15,17H,6,8-11,21H2,1-4H3,(H2,20,22,26). The van der Waals surface area contributed by atoms with Gasteiger partial charge in [-0.25, -0.2) is 4.79 Å². The number of esters is 2. The molecule has 1 heterocycles. The monoisotopic (exact) mass is 412 g/mol. The first-order valence-corrected chi connectivity index (χ1v) is 9.66. The van der Waals surface area contributed by atoms with E-state index < -0.39 is 23.9 Å². The summed E-state index contributed by atoms with van der Waals surface area (Å²) in [5.41, 5.74) is 10.7.